The van der Waals surface area contributed by atoms with Gasteiger partial charge in [-0.05, 0) is 25.3 Å². The Kier molecular flexibility index (Phi) is 4.12. The highest BCUT2D eigenvalue weighted by atomic mass is 32.2. The molecule has 0 fully saturated rings. The smallest absolute Gasteiger partial charge is 0.262 e. The molecule has 0 N–H and O–H groups in total. The van der Waals surface area contributed by atoms with Crippen LogP contribution in [0.15, 0.2) is 45.6 Å². The Bertz CT molecular complexity index is 654. The van der Waals surface area contributed by atoms with Crippen molar-refractivity contribution in [1.29, 1.82) is 0 Å². The number of hydrogen-bond donors (Lipinski definition) is 0. The Hall–Kier alpha value is -1.60. The van der Waals surface area contributed by atoms with Crippen LogP contribution in [0.25, 0.3) is 0 Å². The Balaban J connectivity index is 1.87. The van der Waals surface area contributed by atoms with Crippen LogP contribution in [0.1, 0.15) is 6.92 Å². The van der Waals surface area contributed by atoms with Gasteiger partial charge in [0.25, 0.3) is 5.91 Å². The maximum absolute atomic E-state index is 12.6. The lowest BCUT2D eigenvalue weighted by Crippen LogP contribution is -2.34. The lowest BCUT2D eigenvalue weighted by Gasteiger charge is -2.17. The van der Waals surface area contributed by atoms with E-state index in [0.717, 1.165) is 21.5 Å². The first-order valence-electron chi connectivity index (χ1n) is 6.46. The van der Waals surface area contributed by atoms with Gasteiger partial charge in [-0.2, -0.15) is 15.2 Å². The molecule has 0 spiro atoms. The highest BCUT2D eigenvalue weighted by Gasteiger charge is 2.38. The van der Waals surface area contributed by atoms with Crippen molar-refractivity contribution in [2.24, 2.45) is 21.2 Å². The summed E-state index contributed by atoms with van der Waals surface area (Å²) in [6, 6.07) is 9.45. The van der Waals surface area contributed by atoms with E-state index in [-0.39, 0.29) is 11.8 Å². The van der Waals surface area contributed by atoms with Gasteiger partial charge in [-0.1, -0.05) is 30.0 Å². The second-order valence-electron chi connectivity index (χ2n) is 4.61. The van der Waals surface area contributed by atoms with E-state index < -0.39 is 0 Å². The zero-order chi connectivity index (χ0) is 14.8. The Labute approximate surface area is 131 Å². The van der Waals surface area contributed by atoms with Crippen LogP contribution in [0.2, 0.25) is 0 Å². The molecule has 1 amide bonds. The fourth-order valence-electron chi connectivity index (χ4n) is 2.24. The molecule has 0 radical (unpaired) electrons. The van der Waals surface area contributed by atoms with Gasteiger partial charge in [-0.25, -0.2) is 0 Å². The molecule has 1 aromatic rings. The van der Waals surface area contributed by atoms with E-state index in [1.165, 1.54) is 5.01 Å². The largest absolute Gasteiger partial charge is 0.271 e. The summed E-state index contributed by atoms with van der Waals surface area (Å²) in [4.78, 5) is 12.6. The number of rotatable bonds is 2. The molecule has 1 atom stereocenters. The highest BCUT2D eigenvalue weighted by molar-refractivity contribution is 8.38. The van der Waals surface area contributed by atoms with Gasteiger partial charge in [-0.15, -0.1) is 16.9 Å². The van der Waals surface area contributed by atoms with E-state index in [0.29, 0.717) is 5.75 Å². The molecule has 0 saturated heterocycles. The van der Waals surface area contributed by atoms with Crippen molar-refractivity contribution in [3.8, 4) is 0 Å². The van der Waals surface area contributed by atoms with Crippen molar-refractivity contribution < 1.29 is 4.79 Å². The standard InChI is InChI=1S/C14H14N4OS2/c1-9-12(11-8-21-14(20-2)16-15-11)13(19)18(17-9)10-6-4-3-5-7-10/h3-7,12H,8H2,1-2H3. The molecule has 1 unspecified atom stereocenters. The minimum absolute atomic E-state index is 0.0548. The number of anilines is 1. The zero-order valence-electron chi connectivity index (χ0n) is 11.7. The number of carbonyl (C=O) groups excluding carboxylic acids is 1. The fourth-order valence-corrected chi connectivity index (χ4v) is 3.61. The molecule has 7 heteroatoms. The van der Waals surface area contributed by atoms with Crippen LogP contribution < -0.4 is 5.01 Å². The fraction of sp³-hybridized carbons (Fsp3) is 0.286. The average Bonchev–Trinajstić information content (AvgIpc) is 2.83. The molecular weight excluding hydrogens is 304 g/mol. The van der Waals surface area contributed by atoms with E-state index in [1.54, 1.807) is 23.5 Å². The summed E-state index contributed by atoms with van der Waals surface area (Å²) in [5, 5.41) is 14.2. The van der Waals surface area contributed by atoms with Gasteiger partial charge in [0.1, 0.15) is 5.92 Å². The third-order valence-corrected chi connectivity index (χ3v) is 5.30. The SMILES string of the molecule is CSC1=NN=C(C2C(=O)N(c3ccccc3)N=C2C)CS1. The Morgan fingerprint density at radius 2 is 2.05 bits per heavy atom. The normalized spacial score (nSPS) is 22.0. The van der Waals surface area contributed by atoms with Crippen molar-refractivity contribution in [3.05, 3.63) is 30.3 Å². The number of amides is 1. The predicted molar refractivity (Wildman–Crippen MR) is 91.4 cm³/mol. The summed E-state index contributed by atoms with van der Waals surface area (Å²) in [5.74, 6) is 0.247. The van der Waals surface area contributed by atoms with Gasteiger partial charge in [0.2, 0.25) is 0 Å². The van der Waals surface area contributed by atoms with Crippen LogP contribution in [0.5, 0.6) is 0 Å². The van der Waals surface area contributed by atoms with Crippen molar-refractivity contribution in [3.63, 3.8) is 0 Å². The minimum Gasteiger partial charge on any atom is -0.271 e. The number of benzene rings is 1. The van der Waals surface area contributed by atoms with Crippen molar-refractivity contribution >= 4 is 50.9 Å². The minimum atomic E-state index is -0.384. The number of para-hydroxylation sites is 1. The second kappa shape index (κ2) is 6.03. The van der Waals surface area contributed by atoms with Crippen LogP contribution in [0.3, 0.4) is 0 Å². The third-order valence-electron chi connectivity index (χ3n) is 3.24. The summed E-state index contributed by atoms with van der Waals surface area (Å²) in [7, 11) is 0. The van der Waals surface area contributed by atoms with Crippen molar-refractivity contribution in [1.82, 2.24) is 0 Å². The van der Waals surface area contributed by atoms with E-state index in [9.17, 15) is 4.79 Å². The molecule has 0 bridgehead atoms. The lowest BCUT2D eigenvalue weighted by molar-refractivity contribution is -0.118. The highest BCUT2D eigenvalue weighted by Crippen LogP contribution is 2.28. The monoisotopic (exact) mass is 318 g/mol. The number of nitrogens with zero attached hydrogens (tertiary/aromatic N) is 4. The molecule has 2 aliphatic rings. The molecule has 0 aromatic heterocycles. The summed E-state index contributed by atoms with van der Waals surface area (Å²) in [6.07, 6.45) is 1.97. The van der Waals surface area contributed by atoms with Gasteiger partial charge >= 0.3 is 0 Å². The van der Waals surface area contributed by atoms with Crippen molar-refractivity contribution in [2.75, 3.05) is 17.0 Å². The maximum atomic E-state index is 12.6. The summed E-state index contributed by atoms with van der Waals surface area (Å²) >= 11 is 3.19. The second-order valence-corrected chi connectivity index (χ2v) is 6.63. The summed E-state index contributed by atoms with van der Waals surface area (Å²) in [5.41, 5.74) is 2.33. The molecule has 0 saturated carbocycles. The van der Waals surface area contributed by atoms with Crippen LogP contribution in [0.4, 0.5) is 5.69 Å². The maximum Gasteiger partial charge on any atom is 0.262 e. The van der Waals surface area contributed by atoms with Crippen LogP contribution in [-0.2, 0) is 4.79 Å². The van der Waals surface area contributed by atoms with E-state index >= 15 is 0 Å². The molecule has 108 valence electrons. The van der Waals surface area contributed by atoms with Crippen LogP contribution >= 0.6 is 23.5 Å². The van der Waals surface area contributed by atoms with Gasteiger partial charge in [0.05, 0.1) is 17.1 Å². The summed E-state index contributed by atoms with van der Waals surface area (Å²) < 4.78 is 0.929. The Morgan fingerprint density at radius 1 is 1.29 bits per heavy atom. The van der Waals surface area contributed by atoms with Crippen LogP contribution in [-0.4, -0.2) is 33.7 Å². The zero-order valence-corrected chi connectivity index (χ0v) is 13.3. The van der Waals surface area contributed by atoms with E-state index in [1.807, 2.05) is 43.5 Å². The molecule has 1 aromatic carbocycles. The molecule has 5 nitrogen and oxygen atoms in total. The van der Waals surface area contributed by atoms with Gasteiger partial charge in [-0.3, -0.25) is 4.79 Å². The quantitative estimate of drug-likeness (QED) is 0.842. The molecule has 0 aliphatic carbocycles. The van der Waals surface area contributed by atoms with E-state index in [4.69, 9.17) is 0 Å². The van der Waals surface area contributed by atoms with E-state index in [2.05, 4.69) is 15.3 Å². The van der Waals surface area contributed by atoms with Gasteiger partial charge < -0.3 is 0 Å². The number of hydrogen-bond acceptors (Lipinski definition) is 6. The molecule has 21 heavy (non-hydrogen) atoms. The first kappa shape index (κ1) is 14.3. The lowest BCUT2D eigenvalue weighted by atomic mass is 9.99. The first-order valence-corrected chi connectivity index (χ1v) is 8.67. The first-order chi connectivity index (χ1) is 10.2. The Morgan fingerprint density at radius 3 is 2.67 bits per heavy atom. The van der Waals surface area contributed by atoms with Crippen LogP contribution in [0, 0.1) is 5.92 Å². The third kappa shape index (κ3) is 2.75. The molecule has 3 rings (SSSR count). The average molecular weight is 318 g/mol. The van der Waals surface area contributed by atoms with Gasteiger partial charge in [0.15, 0.2) is 4.38 Å². The molecule has 2 aliphatic heterocycles. The molecular formula is C14H14N4OS2. The molecule has 2 heterocycles. The number of thioether (sulfide) groups is 2. The summed E-state index contributed by atoms with van der Waals surface area (Å²) in [6.45, 7) is 1.87. The topological polar surface area (TPSA) is 57.4 Å². The van der Waals surface area contributed by atoms with Crippen molar-refractivity contribution in [2.45, 2.75) is 6.92 Å². The predicted octanol–water partition coefficient (Wildman–Crippen LogP) is 2.85. The number of hydrazone groups is 1. The van der Waals surface area contributed by atoms with Gasteiger partial charge in [0, 0.05) is 5.75 Å². The number of carbonyl (C=O) groups is 1.